The number of hydrogen-bond donors (Lipinski definition) is 1. The van der Waals surface area contributed by atoms with Crippen LogP contribution in [0.5, 0.6) is 0 Å². The number of rotatable bonds is 6. The first kappa shape index (κ1) is 17.1. The summed E-state index contributed by atoms with van der Waals surface area (Å²) in [5.74, 6) is -1.31. The molecule has 6 heteroatoms. The van der Waals surface area contributed by atoms with E-state index in [1.54, 1.807) is 42.5 Å². The summed E-state index contributed by atoms with van der Waals surface area (Å²) in [6, 6.07) is 13.2. The Labute approximate surface area is 141 Å². The lowest BCUT2D eigenvalue weighted by Crippen LogP contribution is -2.30. The summed E-state index contributed by atoms with van der Waals surface area (Å²) in [6.45, 7) is -0.107. The van der Waals surface area contributed by atoms with Crippen LogP contribution in [0.1, 0.15) is 15.9 Å². The summed E-state index contributed by atoms with van der Waals surface area (Å²) in [5, 5.41) is 2.59. The first-order valence-corrected chi connectivity index (χ1v) is 7.79. The number of amides is 1. The van der Waals surface area contributed by atoms with Gasteiger partial charge in [-0.2, -0.15) is 0 Å². The summed E-state index contributed by atoms with van der Waals surface area (Å²) in [5.41, 5.74) is 0.879. The Kier molecular flexibility index (Phi) is 6.29. The van der Waals surface area contributed by atoms with E-state index in [2.05, 4.69) is 21.2 Å². The first-order chi connectivity index (χ1) is 11.1. The third kappa shape index (κ3) is 5.17. The molecule has 2 aromatic carbocycles. The maximum absolute atomic E-state index is 13.4. The van der Waals surface area contributed by atoms with Crippen LogP contribution in [0.3, 0.4) is 0 Å². The van der Waals surface area contributed by atoms with Crippen molar-refractivity contribution in [3.63, 3.8) is 0 Å². The molecule has 0 atom stereocenters. The molecular formula is C17H15BrFNO3. The number of ether oxygens (including phenoxy) is 1. The van der Waals surface area contributed by atoms with Gasteiger partial charge in [-0.25, -0.2) is 9.18 Å². The topological polar surface area (TPSA) is 55.4 Å². The Morgan fingerprint density at radius 2 is 1.78 bits per heavy atom. The van der Waals surface area contributed by atoms with Crippen molar-refractivity contribution < 1.29 is 18.7 Å². The van der Waals surface area contributed by atoms with Gasteiger partial charge in [0.05, 0.1) is 5.56 Å². The van der Waals surface area contributed by atoms with Crippen molar-refractivity contribution in [2.45, 2.75) is 6.42 Å². The van der Waals surface area contributed by atoms with E-state index < -0.39 is 11.9 Å². The van der Waals surface area contributed by atoms with E-state index in [4.69, 9.17) is 4.74 Å². The molecule has 1 N–H and O–H groups in total. The second kappa shape index (κ2) is 8.43. The Bertz CT molecular complexity index is 706. The van der Waals surface area contributed by atoms with Crippen molar-refractivity contribution >= 4 is 27.8 Å². The number of nitrogens with one attached hydrogen (secondary N) is 1. The van der Waals surface area contributed by atoms with Crippen LogP contribution >= 0.6 is 15.9 Å². The molecule has 0 aliphatic carbocycles. The Hall–Kier alpha value is -2.21. The van der Waals surface area contributed by atoms with Gasteiger partial charge in [0, 0.05) is 11.0 Å². The van der Waals surface area contributed by atoms with Gasteiger partial charge in [-0.15, -0.1) is 0 Å². The van der Waals surface area contributed by atoms with E-state index in [1.807, 2.05) is 0 Å². The number of carbonyl (C=O) groups is 2. The van der Waals surface area contributed by atoms with E-state index in [-0.39, 0.29) is 19.0 Å². The molecule has 0 heterocycles. The highest BCUT2D eigenvalue weighted by Gasteiger charge is 2.12. The molecule has 0 aromatic heterocycles. The average molecular weight is 380 g/mol. The largest absolute Gasteiger partial charge is 0.452 e. The molecular weight excluding hydrogens is 365 g/mol. The number of esters is 1. The van der Waals surface area contributed by atoms with Gasteiger partial charge < -0.3 is 10.1 Å². The molecule has 0 saturated heterocycles. The van der Waals surface area contributed by atoms with Gasteiger partial charge in [-0.3, -0.25) is 4.79 Å². The van der Waals surface area contributed by atoms with Crippen LogP contribution in [-0.4, -0.2) is 25.0 Å². The molecule has 0 saturated carbocycles. The van der Waals surface area contributed by atoms with Gasteiger partial charge in [-0.05, 0) is 46.1 Å². The van der Waals surface area contributed by atoms with E-state index in [1.165, 1.54) is 6.07 Å². The van der Waals surface area contributed by atoms with Crippen molar-refractivity contribution in [3.8, 4) is 0 Å². The third-order valence-electron chi connectivity index (χ3n) is 3.10. The summed E-state index contributed by atoms with van der Waals surface area (Å²) >= 11 is 3.24. The van der Waals surface area contributed by atoms with Gasteiger partial charge in [0.15, 0.2) is 6.61 Å². The van der Waals surface area contributed by atoms with Crippen LogP contribution in [0.2, 0.25) is 0 Å². The highest BCUT2D eigenvalue weighted by Crippen LogP contribution is 2.16. The smallest absolute Gasteiger partial charge is 0.339 e. The Morgan fingerprint density at radius 3 is 2.52 bits per heavy atom. The van der Waals surface area contributed by atoms with Crippen molar-refractivity contribution in [2.24, 2.45) is 0 Å². The second-order valence-electron chi connectivity index (χ2n) is 4.75. The molecule has 0 bridgehead atoms. The van der Waals surface area contributed by atoms with E-state index >= 15 is 0 Å². The minimum atomic E-state index is -0.582. The average Bonchev–Trinajstić information content (AvgIpc) is 2.55. The maximum Gasteiger partial charge on any atom is 0.339 e. The van der Waals surface area contributed by atoms with E-state index in [9.17, 15) is 14.0 Å². The Balaban J connectivity index is 1.74. The fourth-order valence-corrected chi connectivity index (χ4v) is 2.37. The zero-order valence-corrected chi connectivity index (χ0v) is 13.8. The summed E-state index contributed by atoms with van der Waals surface area (Å²) in [6.07, 6.45) is 0.372. The monoisotopic (exact) mass is 379 g/mol. The summed E-state index contributed by atoms with van der Waals surface area (Å²) < 4.78 is 19.0. The lowest BCUT2D eigenvalue weighted by Gasteiger charge is -2.08. The van der Waals surface area contributed by atoms with Gasteiger partial charge >= 0.3 is 5.97 Å². The van der Waals surface area contributed by atoms with Gasteiger partial charge in [0.2, 0.25) is 0 Å². The standard InChI is InChI=1S/C17H15BrFNO3/c18-14-7-3-2-6-13(14)17(22)23-11-16(21)20-10-9-12-5-1-4-8-15(12)19/h1-8H,9-11H2,(H,20,21). The molecule has 2 aromatic rings. The van der Waals surface area contributed by atoms with Gasteiger partial charge in [0.1, 0.15) is 5.82 Å². The summed E-state index contributed by atoms with van der Waals surface area (Å²) in [7, 11) is 0. The van der Waals surface area contributed by atoms with E-state index in [0.717, 1.165) is 0 Å². The van der Waals surface area contributed by atoms with Crippen molar-refractivity contribution in [2.75, 3.05) is 13.2 Å². The molecule has 0 radical (unpaired) electrons. The van der Waals surface area contributed by atoms with Crippen LogP contribution < -0.4 is 5.32 Å². The predicted octanol–water partition coefficient (Wildman–Crippen LogP) is 3.10. The van der Waals surface area contributed by atoms with Crippen LogP contribution in [0.25, 0.3) is 0 Å². The van der Waals surface area contributed by atoms with Crippen LogP contribution in [0, 0.1) is 5.82 Å². The molecule has 2 rings (SSSR count). The first-order valence-electron chi connectivity index (χ1n) is 6.99. The van der Waals surface area contributed by atoms with Crippen molar-refractivity contribution in [1.29, 1.82) is 0 Å². The molecule has 0 aliphatic rings. The number of benzene rings is 2. The van der Waals surface area contributed by atoms with Crippen molar-refractivity contribution in [3.05, 3.63) is 69.9 Å². The normalized spacial score (nSPS) is 10.2. The van der Waals surface area contributed by atoms with Crippen LogP contribution in [0.15, 0.2) is 53.0 Å². The summed E-state index contributed by atoms with van der Waals surface area (Å²) in [4.78, 5) is 23.5. The molecule has 0 unspecified atom stereocenters. The minimum Gasteiger partial charge on any atom is -0.452 e. The van der Waals surface area contributed by atoms with Crippen LogP contribution in [0.4, 0.5) is 4.39 Å². The molecule has 120 valence electrons. The molecule has 0 fully saturated rings. The zero-order chi connectivity index (χ0) is 16.7. The van der Waals surface area contributed by atoms with Crippen LogP contribution in [-0.2, 0) is 16.0 Å². The third-order valence-corrected chi connectivity index (χ3v) is 3.79. The number of carbonyl (C=O) groups excluding carboxylic acids is 2. The number of halogens is 2. The maximum atomic E-state index is 13.4. The molecule has 1 amide bonds. The molecule has 4 nitrogen and oxygen atoms in total. The highest BCUT2D eigenvalue weighted by atomic mass is 79.9. The SMILES string of the molecule is O=C(COC(=O)c1ccccc1Br)NCCc1ccccc1F. The fourth-order valence-electron chi connectivity index (χ4n) is 1.92. The number of hydrogen-bond acceptors (Lipinski definition) is 3. The van der Waals surface area contributed by atoms with Gasteiger partial charge in [-0.1, -0.05) is 30.3 Å². The van der Waals surface area contributed by atoms with Crippen molar-refractivity contribution in [1.82, 2.24) is 5.32 Å². The van der Waals surface area contributed by atoms with E-state index in [0.29, 0.717) is 22.0 Å². The highest BCUT2D eigenvalue weighted by molar-refractivity contribution is 9.10. The second-order valence-corrected chi connectivity index (χ2v) is 5.60. The lowest BCUT2D eigenvalue weighted by atomic mass is 10.1. The fraction of sp³-hybridized carbons (Fsp3) is 0.176. The molecule has 23 heavy (non-hydrogen) atoms. The molecule has 0 aliphatic heterocycles. The quantitative estimate of drug-likeness (QED) is 0.784. The minimum absolute atomic E-state index is 0.270. The lowest BCUT2D eigenvalue weighted by molar-refractivity contribution is -0.124. The van der Waals surface area contributed by atoms with Gasteiger partial charge in [0.25, 0.3) is 5.91 Å². The molecule has 0 spiro atoms. The zero-order valence-electron chi connectivity index (χ0n) is 12.2. The predicted molar refractivity (Wildman–Crippen MR) is 87.5 cm³/mol. The Morgan fingerprint density at radius 1 is 1.09 bits per heavy atom.